The lowest BCUT2D eigenvalue weighted by Crippen LogP contribution is -1.88. The summed E-state index contributed by atoms with van der Waals surface area (Å²) in [5.74, 6) is 0.201. The Labute approximate surface area is 110 Å². The molecule has 2 aromatic carbocycles. The Kier molecular flexibility index (Phi) is 3.56. The van der Waals surface area contributed by atoms with Crippen molar-refractivity contribution in [1.29, 1.82) is 0 Å². The van der Waals surface area contributed by atoms with E-state index in [4.69, 9.17) is 0 Å². The predicted molar refractivity (Wildman–Crippen MR) is 73.2 cm³/mol. The highest BCUT2D eigenvalue weighted by Gasteiger charge is 2.02. The number of nitro groups is 1. The number of aromatic hydroxyl groups is 1. The maximum atomic E-state index is 10.5. The topological polar surface area (TPSA) is 75.7 Å². The molecule has 0 aliphatic heterocycles. The van der Waals surface area contributed by atoms with Gasteiger partial charge in [0.1, 0.15) is 5.75 Å². The molecule has 1 N–H and O–H groups in total. The van der Waals surface area contributed by atoms with Crippen LogP contribution in [0.1, 0.15) is 11.1 Å². The van der Waals surface area contributed by atoms with Crippen LogP contribution in [0.2, 0.25) is 0 Å². The molecule has 0 aromatic heterocycles. The van der Waals surface area contributed by atoms with E-state index >= 15 is 0 Å². The monoisotopic (exact) mass is 256 g/mol. The van der Waals surface area contributed by atoms with Gasteiger partial charge in [-0.25, -0.2) is 0 Å². The van der Waals surface area contributed by atoms with Crippen LogP contribution in [-0.2, 0) is 0 Å². The summed E-state index contributed by atoms with van der Waals surface area (Å²) in [5.41, 5.74) is 2.44. The van der Waals surface area contributed by atoms with Crippen molar-refractivity contribution in [2.45, 2.75) is 6.92 Å². The average molecular weight is 256 g/mol. The van der Waals surface area contributed by atoms with Gasteiger partial charge in [-0.2, -0.15) is 0 Å². The van der Waals surface area contributed by atoms with Crippen LogP contribution in [0.25, 0.3) is 0 Å². The Morgan fingerprint density at radius 3 is 2.47 bits per heavy atom. The zero-order chi connectivity index (χ0) is 13.8. The molecule has 0 saturated carbocycles. The van der Waals surface area contributed by atoms with E-state index in [2.05, 4.69) is 4.99 Å². The molecule has 19 heavy (non-hydrogen) atoms. The SMILES string of the molecule is Cc1cc(O)ccc1N=Cc1ccc([N+](=O)[O-])cc1. The van der Waals surface area contributed by atoms with Gasteiger partial charge in [0.15, 0.2) is 0 Å². The van der Waals surface area contributed by atoms with Crippen LogP contribution in [0.15, 0.2) is 47.5 Å². The number of nitrogens with zero attached hydrogens (tertiary/aromatic N) is 2. The lowest BCUT2D eigenvalue weighted by Gasteiger charge is -2.00. The highest BCUT2D eigenvalue weighted by Crippen LogP contribution is 2.22. The predicted octanol–water partition coefficient (Wildman–Crippen LogP) is 3.36. The molecule has 0 heterocycles. The van der Waals surface area contributed by atoms with Crippen molar-refractivity contribution in [3.8, 4) is 5.75 Å². The number of rotatable bonds is 3. The van der Waals surface area contributed by atoms with E-state index < -0.39 is 4.92 Å². The van der Waals surface area contributed by atoms with Crippen LogP contribution in [0, 0.1) is 17.0 Å². The summed E-state index contributed by atoms with van der Waals surface area (Å²) >= 11 is 0. The van der Waals surface area contributed by atoms with Crippen LogP contribution >= 0.6 is 0 Å². The lowest BCUT2D eigenvalue weighted by molar-refractivity contribution is -0.384. The molecule has 0 unspecified atom stereocenters. The molecular weight excluding hydrogens is 244 g/mol. The van der Waals surface area contributed by atoms with Crippen LogP contribution in [0.3, 0.4) is 0 Å². The van der Waals surface area contributed by atoms with Gasteiger partial charge in [0.05, 0.1) is 10.6 Å². The fourth-order valence-corrected chi connectivity index (χ4v) is 1.61. The van der Waals surface area contributed by atoms with E-state index in [9.17, 15) is 15.2 Å². The number of hydrogen-bond donors (Lipinski definition) is 1. The van der Waals surface area contributed by atoms with Crippen molar-refractivity contribution in [1.82, 2.24) is 0 Å². The summed E-state index contributed by atoms with van der Waals surface area (Å²) in [5, 5.41) is 19.8. The molecule has 5 heteroatoms. The summed E-state index contributed by atoms with van der Waals surface area (Å²) in [4.78, 5) is 14.4. The Morgan fingerprint density at radius 2 is 1.89 bits per heavy atom. The number of phenolic OH excluding ortho intramolecular Hbond substituents is 1. The zero-order valence-corrected chi connectivity index (χ0v) is 10.3. The normalized spacial score (nSPS) is 10.8. The second-order valence-electron chi connectivity index (χ2n) is 4.08. The molecule has 2 rings (SSSR count). The van der Waals surface area contributed by atoms with Crippen LogP contribution in [0.4, 0.5) is 11.4 Å². The molecular formula is C14H12N2O3. The number of phenols is 1. The fourth-order valence-electron chi connectivity index (χ4n) is 1.61. The van der Waals surface area contributed by atoms with Crippen LogP contribution < -0.4 is 0 Å². The van der Waals surface area contributed by atoms with Crippen molar-refractivity contribution in [2.75, 3.05) is 0 Å². The van der Waals surface area contributed by atoms with E-state index in [-0.39, 0.29) is 11.4 Å². The molecule has 2 aromatic rings. The molecule has 0 radical (unpaired) electrons. The first-order chi connectivity index (χ1) is 9.06. The molecule has 5 nitrogen and oxygen atoms in total. The number of nitro benzene ring substituents is 1. The fraction of sp³-hybridized carbons (Fsp3) is 0.0714. The number of aliphatic imine (C=N–C) groups is 1. The average Bonchev–Trinajstić information content (AvgIpc) is 2.38. The van der Waals surface area contributed by atoms with Crippen molar-refractivity contribution in [2.24, 2.45) is 4.99 Å². The van der Waals surface area contributed by atoms with Gasteiger partial charge in [-0.3, -0.25) is 15.1 Å². The standard InChI is InChI=1S/C14H12N2O3/c1-10-8-13(17)6-7-14(10)15-9-11-2-4-12(5-3-11)16(18)19/h2-9,17H,1H3. The summed E-state index contributed by atoms with van der Waals surface area (Å²) < 4.78 is 0. The quantitative estimate of drug-likeness (QED) is 0.519. The number of benzene rings is 2. The maximum Gasteiger partial charge on any atom is 0.269 e. The lowest BCUT2D eigenvalue weighted by atomic mass is 10.2. The molecule has 0 fully saturated rings. The van der Waals surface area contributed by atoms with Gasteiger partial charge in [0.2, 0.25) is 0 Å². The van der Waals surface area contributed by atoms with E-state index in [0.29, 0.717) is 0 Å². The van der Waals surface area contributed by atoms with E-state index in [0.717, 1.165) is 16.8 Å². The second-order valence-corrected chi connectivity index (χ2v) is 4.08. The smallest absolute Gasteiger partial charge is 0.269 e. The summed E-state index contributed by atoms with van der Waals surface area (Å²) in [6.07, 6.45) is 1.63. The first-order valence-electron chi connectivity index (χ1n) is 5.64. The van der Waals surface area contributed by atoms with E-state index in [1.807, 2.05) is 6.92 Å². The highest BCUT2D eigenvalue weighted by atomic mass is 16.6. The molecule has 96 valence electrons. The van der Waals surface area contributed by atoms with Gasteiger partial charge in [0.25, 0.3) is 5.69 Å². The summed E-state index contributed by atoms with van der Waals surface area (Å²) in [7, 11) is 0. The molecule has 0 aliphatic rings. The highest BCUT2D eigenvalue weighted by molar-refractivity contribution is 5.82. The number of aryl methyl sites for hydroxylation is 1. The summed E-state index contributed by atoms with van der Waals surface area (Å²) in [6, 6.07) is 11.1. The van der Waals surface area contributed by atoms with Gasteiger partial charge in [-0.1, -0.05) is 0 Å². The summed E-state index contributed by atoms with van der Waals surface area (Å²) in [6.45, 7) is 1.85. The number of non-ortho nitro benzene ring substituents is 1. The maximum absolute atomic E-state index is 10.5. The first-order valence-corrected chi connectivity index (χ1v) is 5.64. The largest absolute Gasteiger partial charge is 0.508 e. The third kappa shape index (κ3) is 3.16. The van der Waals surface area contributed by atoms with Crippen molar-refractivity contribution in [3.63, 3.8) is 0 Å². The van der Waals surface area contributed by atoms with Crippen molar-refractivity contribution >= 4 is 17.6 Å². The van der Waals surface area contributed by atoms with Gasteiger partial charge in [-0.15, -0.1) is 0 Å². The molecule has 0 spiro atoms. The van der Waals surface area contributed by atoms with Crippen LogP contribution in [0.5, 0.6) is 5.75 Å². The third-order valence-corrected chi connectivity index (χ3v) is 2.64. The molecule has 0 saturated heterocycles. The minimum atomic E-state index is -0.439. The Hall–Kier alpha value is -2.69. The Bertz CT molecular complexity index is 634. The zero-order valence-electron chi connectivity index (χ0n) is 10.3. The van der Waals surface area contributed by atoms with Crippen LogP contribution in [-0.4, -0.2) is 16.2 Å². The van der Waals surface area contributed by atoms with Gasteiger partial charge in [0, 0.05) is 18.3 Å². The van der Waals surface area contributed by atoms with Crippen molar-refractivity contribution < 1.29 is 10.0 Å². The van der Waals surface area contributed by atoms with Gasteiger partial charge < -0.3 is 5.11 Å². The minimum absolute atomic E-state index is 0.0537. The van der Waals surface area contributed by atoms with Gasteiger partial charge >= 0.3 is 0 Å². The van der Waals surface area contributed by atoms with E-state index in [1.165, 1.54) is 12.1 Å². The number of hydrogen-bond acceptors (Lipinski definition) is 4. The van der Waals surface area contributed by atoms with Crippen molar-refractivity contribution in [3.05, 3.63) is 63.7 Å². The molecule has 0 amide bonds. The Balaban J connectivity index is 2.20. The third-order valence-electron chi connectivity index (χ3n) is 2.64. The minimum Gasteiger partial charge on any atom is -0.508 e. The molecule has 0 aliphatic carbocycles. The first kappa shape index (κ1) is 12.8. The van der Waals surface area contributed by atoms with Gasteiger partial charge in [-0.05, 0) is 48.4 Å². The second kappa shape index (κ2) is 5.30. The van der Waals surface area contributed by atoms with E-state index in [1.54, 1.807) is 36.5 Å². The Morgan fingerprint density at radius 1 is 1.21 bits per heavy atom. The molecule has 0 bridgehead atoms. The molecule has 0 atom stereocenters.